The number of hydrogen-bond acceptors (Lipinski definition) is 4. The molecule has 0 saturated carbocycles. The summed E-state index contributed by atoms with van der Waals surface area (Å²) in [6, 6.07) is 24.2. The molecule has 8 rings (SSSR count). The summed E-state index contributed by atoms with van der Waals surface area (Å²) in [7, 11) is 0. The summed E-state index contributed by atoms with van der Waals surface area (Å²) in [5.41, 5.74) is 5.40. The van der Waals surface area contributed by atoms with Gasteiger partial charge in [0.1, 0.15) is 17.1 Å². The van der Waals surface area contributed by atoms with Gasteiger partial charge in [0.25, 0.3) is 11.8 Å². The van der Waals surface area contributed by atoms with Crippen molar-refractivity contribution in [3.05, 3.63) is 95.8 Å². The number of anilines is 3. The van der Waals surface area contributed by atoms with E-state index in [1.165, 1.54) is 0 Å². The number of hydrogen-bond donors (Lipinski definition) is 4. The zero-order valence-electron chi connectivity index (χ0n) is 22.0. The molecule has 206 valence electrons. The van der Waals surface area contributed by atoms with E-state index in [1.807, 2.05) is 60.7 Å². The molecule has 3 amide bonds. The molecular formula is C32H22ClN5O4. The van der Waals surface area contributed by atoms with Crippen LogP contribution in [0.5, 0.6) is 5.75 Å². The highest BCUT2D eigenvalue weighted by atomic mass is 35.5. The Kier molecular flexibility index (Phi) is 5.32. The van der Waals surface area contributed by atoms with Crippen molar-refractivity contribution in [3.8, 4) is 5.75 Å². The second-order valence-electron chi connectivity index (χ2n) is 10.5. The molecule has 2 aliphatic rings. The molecule has 9 nitrogen and oxygen atoms in total. The van der Waals surface area contributed by atoms with E-state index in [0.29, 0.717) is 46.6 Å². The van der Waals surface area contributed by atoms with E-state index in [4.69, 9.17) is 16.3 Å². The van der Waals surface area contributed by atoms with Gasteiger partial charge in [-0.05, 0) is 53.4 Å². The van der Waals surface area contributed by atoms with Crippen molar-refractivity contribution in [1.29, 1.82) is 0 Å². The van der Waals surface area contributed by atoms with E-state index in [0.717, 1.165) is 38.1 Å². The molecule has 0 bridgehead atoms. The smallest absolute Gasteiger partial charge is 0.409 e. The molecule has 4 N–H and O–H groups in total. The number of ether oxygens (including phenoxy) is 1. The van der Waals surface area contributed by atoms with Gasteiger partial charge in [-0.2, -0.15) is 0 Å². The number of amides is 3. The quantitative estimate of drug-likeness (QED) is 0.170. The minimum Gasteiger partial charge on any atom is -0.409 e. The molecule has 0 radical (unpaired) electrons. The maximum atomic E-state index is 13.9. The highest BCUT2D eigenvalue weighted by Crippen LogP contribution is 2.49. The summed E-state index contributed by atoms with van der Waals surface area (Å²) in [4.78, 5) is 47.0. The lowest BCUT2D eigenvalue weighted by Crippen LogP contribution is -2.30. The van der Waals surface area contributed by atoms with Crippen molar-refractivity contribution < 1.29 is 19.1 Å². The molecule has 2 aliphatic heterocycles. The fraction of sp³-hybridized carbons (Fsp3) is 0.0938. The van der Waals surface area contributed by atoms with E-state index in [1.54, 1.807) is 23.1 Å². The summed E-state index contributed by atoms with van der Waals surface area (Å²) in [5, 5.41) is 9.11. The number of nitrogens with zero attached hydrogens (tertiary/aromatic N) is 1. The Morgan fingerprint density at radius 3 is 2.60 bits per heavy atom. The van der Waals surface area contributed by atoms with Crippen LogP contribution in [0, 0.1) is 0 Å². The molecule has 10 heteroatoms. The van der Waals surface area contributed by atoms with Crippen molar-refractivity contribution in [2.24, 2.45) is 0 Å². The second kappa shape index (κ2) is 9.12. The standard InChI is InChI=1S/C32H22ClN5O4/c33-14-18-15-38(26-13-27-29-20(28(18)26)5-3-7-23(29)37-32(41)42-27)31(40)25-12-17-10-19(8-9-22(17)36-25)34-30(39)24-11-16-4-1-2-6-21(16)35-24/h1-13,18,35-36H,14-15H2,(H,34,39)(H,37,41). The summed E-state index contributed by atoms with van der Waals surface area (Å²) < 4.78 is 5.51. The number of para-hydroxylation sites is 1. The van der Waals surface area contributed by atoms with Gasteiger partial charge in [-0.15, -0.1) is 11.6 Å². The van der Waals surface area contributed by atoms with Crippen LogP contribution in [0.25, 0.3) is 32.6 Å². The predicted molar refractivity (Wildman–Crippen MR) is 163 cm³/mol. The van der Waals surface area contributed by atoms with Gasteiger partial charge >= 0.3 is 6.09 Å². The Morgan fingerprint density at radius 1 is 0.929 bits per heavy atom. The number of H-pyrrole nitrogens is 2. The number of aromatic nitrogens is 2. The zero-order chi connectivity index (χ0) is 28.5. The van der Waals surface area contributed by atoms with Gasteiger partial charge < -0.3 is 24.9 Å². The summed E-state index contributed by atoms with van der Waals surface area (Å²) in [6.45, 7) is 0.392. The lowest BCUT2D eigenvalue weighted by Gasteiger charge is -2.22. The lowest BCUT2D eigenvalue weighted by atomic mass is 9.94. The molecule has 1 unspecified atom stereocenters. The highest BCUT2D eigenvalue weighted by molar-refractivity contribution is 6.20. The Balaban J connectivity index is 1.12. The van der Waals surface area contributed by atoms with Crippen LogP contribution in [-0.4, -0.2) is 40.3 Å². The van der Waals surface area contributed by atoms with Crippen molar-refractivity contribution in [1.82, 2.24) is 9.97 Å². The molecule has 4 aromatic carbocycles. The number of rotatable bonds is 4. The van der Waals surface area contributed by atoms with Gasteiger partial charge in [-0.1, -0.05) is 30.3 Å². The first-order chi connectivity index (χ1) is 20.5. The van der Waals surface area contributed by atoms with Crippen molar-refractivity contribution >= 4 is 79.1 Å². The number of fused-ring (bicyclic) bond motifs is 4. The highest BCUT2D eigenvalue weighted by Gasteiger charge is 2.37. The van der Waals surface area contributed by atoms with Crippen LogP contribution in [-0.2, 0) is 0 Å². The van der Waals surface area contributed by atoms with Crippen LogP contribution in [0.1, 0.15) is 32.5 Å². The van der Waals surface area contributed by atoms with Crippen molar-refractivity contribution in [2.75, 3.05) is 28.0 Å². The minimum absolute atomic E-state index is 0.0941. The second-order valence-corrected chi connectivity index (χ2v) is 10.8. The van der Waals surface area contributed by atoms with Crippen LogP contribution in [0.2, 0.25) is 0 Å². The Morgan fingerprint density at radius 2 is 1.74 bits per heavy atom. The van der Waals surface area contributed by atoms with Crippen molar-refractivity contribution in [2.45, 2.75) is 5.92 Å². The van der Waals surface area contributed by atoms with Crippen LogP contribution in [0.3, 0.4) is 0 Å². The number of carbonyl (C=O) groups excluding carboxylic acids is 3. The molecule has 6 aromatic rings. The fourth-order valence-electron chi connectivity index (χ4n) is 6.12. The van der Waals surface area contributed by atoms with Gasteiger partial charge in [0.2, 0.25) is 0 Å². The minimum atomic E-state index is -0.567. The average Bonchev–Trinajstić information content (AvgIpc) is 3.71. The maximum Gasteiger partial charge on any atom is 0.417 e. The molecule has 0 spiro atoms. The molecule has 0 fully saturated rings. The third-order valence-corrected chi connectivity index (χ3v) is 8.37. The molecule has 2 aromatic heterocycles. The Labute approximate surface area is 243 Å². The first kappa shape index (κ1) is 24.5. The third-order valence-electron chi connectivity index (χ3n) is 8.00. The molecule has 0 saturated heterocycles. The topological polar surface area (TPSA) is 119 Å². The van der Waals surface area contributed by atoms with E-state index in [-0.39, 0.29) is 17.7 Å². The largest absolute Gasteiger partial charge is 0.417 e. The number of alkyl halides is 1. The number of carbonyl (C=O) groups is 3. The van der Waals surface area contributed by atoms with E-state index >= 15 is 0 Å². The zero-order valence-corrected chi connectivity index (χ0v) is 22.7. The number of halogens is 1. The Hall–Kier alpha value is -5.28. The summed E-state index contributed by atoms with van der Waals surface area (Å²) >= 11 is 6.41. The van der Waals surface area contributed by atoms with E-state index in [9.17, 15) is 14.4 Å². The molecule has 1 atom stereocenters. The average molecular weight is 576 g/mol. The molecule has 42 heavy (non-hydrogen) atoms. The summed E-state index contributed by atoms with van der Waals surface area (Å²) in [5.74, 6) is 0.154. The van der Waals surface area contributed by atoms with Gasteiger partial charge in [-0.25, -0.2) is 4.79 Å². The van der Waals surface area contributed by atoms with E-state index < -0.39 is 6.09 Å². The first-order valence-corrected chi connectivity index (χ1v) is 14.0. The van der Waals surface area contributed by atoms with Gasteiger partial charge in [0.05, 0.1) is 11.4 Å². The SMILES string of the molecule is O=C1Nc2cccc3c4c(cc(c23)O1)N(C(=O)c1cc2cc(NC(=O)c3cc5ccccc5[nH]3)ccc2[nH]1)CC4CCl. The van der Waals surface area contributed by atoms with Crippen LogP contribution in [0.15, 0.2) is 78.9 Å². The predicted octanol–water partition coefficient (Wildman–Crippen LogP) is 6.96. The molecule has 4 heterocycles. The first-order valence-electron chi connectivity index (χ1n) is 13.4. The van der Waals surface area contributed by atoms with Crippen molar-refractivity contribution in [3.63, 3.8) is 0 Å². The lowest BCUT2D eigenvalue weighted by molar-refractivity contribution is 0.0982. The summed E-state index contributed by atoms with van der Waals surface area (Å²) in [6.07, 6.45) is -0.567. The third kappa shape index (κ3) is 3.74. The normalized spacial score (nSPS) is 15.6. The van der Waals surface area contributed by atoms with Crippen LogP contribution < -0.4 is 20.3 Å². The van der Waals surface area contributed by atoms with Gasteiger partial charge in [0.15, 0.2) is 0 Å². The van der Waals surface area contributed by atoms with Gasteiger partial charge in [-0.3, -0.25) is 14.9 Å². The monoisotopic (exact) mass is 575 g/mol. The fourth-order valence-corrected chi connectivity index (χ4v) is 6.37. The maximum absolute atomic E-state index is 13.9. The number of aromatic amines is 2. The number of benzene rings is 4. The van der Waals surface area contributed by atoms with Crippen LogP contribution >= 0.6 is 11.6 Å². The molecular weight excluding hydrogens is 554 g/mol. The number of nitrogens with one attached hydrogen (secondary N) is 4. The molecule has 0 aliphatic carbocycles. The Bertz CT molecular complexity index is 2100. The van der Waals surface area contributed by atoms with Crippen LogP contribution in [0.4, 0.5) is 21.9 Å². The van der Waals surface area contributed by atoms with Gasteiger partial charge in [0, 0.05) is 57.3 Å². The van der Waals surface area contributed by atoms with E-state index in [2.05, 4.69) is 20.6 Å².